The number of ether oxygens (including phenoxy) is 2. The third kappa shape index (κ3) is 5.84. The van der Waals surface area contributed by atoms with Gasteiger partial charge < -0.3 is 19.9 Å². The van der Waals surface area contributed by atoms with Gasteiger partial charge in [-0.2, -0.15) is 0 Å². The molecular weight excluding hydrogens is 468 g/mol. The van der Waals surface area contributed by atoms with Gasteiger partial charge in [0.05, 0.1) is 17.2 Å². The van der Waals surface area contributed by atoms with E-state index >= 15 is 0 Å². The molecule has 2 N–H and O–H groups in total. The van der Waals surface area contributed by atoms with Crippen LogP contribution in [0.15, 0.2) is 46.9 Å². The highest BCUT2D eigenvalue weighted by Gasteiger charge is 2.36. The first kappa shape index (κ1) is 23.6. The van der Waals surface area contributed by atoms with Gasteiger partial charge in [0.25, 0.3) is 0 Å². The lowest BCUT2D eigenvalue weighted by molar-refractivity contribution is -0.0296. The van der Waals surface area contributed by atoms with Crippen molar-refractivity contribution in [2.24, 2.45) is 0 Å². The average Bonchev–Trinajstić information content (AvgIpc) is 2.83. The second-order valence-electron chi connectivity index (χ2n) is 9.10. The molecule has 1 aliphatic carbocycles. The van der Waals surface area contributed by atoms with E-state index < -0.39 is 5.60 Å². The molecule has 0 amide bonds. The number of halogens is 1. The summed E-state index contributed by atoms with van der Waals surface area (Å²) in [6.45, 7) is 4.40. The van der Waals surface area contributed by atoms with Gasteiger partial charge in [-0.25, -0.2) is 0 Å². The molecule has 1 atom stereocenters. The molecule has 0 bridgehead atoms. The standard InChI is InChI=1S/C26H35BrN2O3/c1-31-24-17-21(16-22(27)25(24)32-19-20-8-4-2-5-9-20)23(29-14-12-28-13-15-29)18-26(30)10-6-3-7-11-26/h2,4-5,8-9,16-17,23,28,30H,3,6-7,10-15,18-19H2,1H3. The Kier molecular flexibility index (Phi) is 8.11. The summed E-state index contributed by atoms with van der Waals surface area (Å²) in [6.07, 6.45) is 6.01. The van der Waals surface area contributed by atoms with Crippen LogP contribution < -0.4 is 14.8 Å². The fraction of sp³-hybridized carbons (Fsp3) is 0.538. The van der Waals surface area contributed by atoms with Crippen LogP contribution in [0, 0.1) is 0 Å². The maximum atomic E-state index is 11.4. The molecule has 1 aliphatic heterocycles. The summed E-state index contributed by atoms with van der Waals surface area (Å²) >= 11 is 3.74. The predicted molar refractivity (Wildman–Crippen MR) is 131 cm³/mol. The molecule has 2 aliphatic rings. The van der Waals surface area contributed by atoms with Crippen molar-refractivity contribution in [3.63, 3.8) is 0 Å². The molecule has 1 saturated carbocycles. The summed E-state index contributed by atoms with van der Waals surface area (Å²) in [5, 5.41) is 14.8. The van der Waals surface area contributed by atoms with Crippen LogP contribution in [0.25, 0.3) is 0 Å². The number of benzene rings is 2. The summed E-state index contributed by atoms with van der Waals surface area (Å²) in [6, 6.07) is 14.6. The first-order chi connectivity index (χ1) is 15.6. The minimum Gasteiger partial charge on any atom is -0.493 e. The zero-order chi connectivity index (χ0) is 22.4. The quantitative estimate of drug-likeness (QED) is 0.527. The highest BCUT2D eigenvalue weighted by atomic mass is 79.9. The van der Waals surface area contributed by atoms with E-state index in [9.17, 15) is 5.11 Å². The summed E-state index contributed by atoms with van der Waals surface area (Å²) in [4.78, 5) is 2.51. The van der Waals surface area contributed by atoms with Gasteiger partial charge in [0.15, 0.2) is 11.5 Å². The fourth-order valence-electron chi connectivity index (χ4n) is 5.03. The second-order valence-corrected chi connectivity index (χ2v) is 9.95. The minimum atomic E-state index is -0.587. The van der Waals surface area contributed by atoms with E-state index in [2.05, 4.69) is 50.4 Å². The Bertz CT molecular complexity index is 865. The highest BCUT2D eigenvalue weighted by Crippen LogP contribution is 2.43. The van der Waals surface area contributed by atoms with E-state index in [1.807, 2.05) is 18.2 Å². The van der Waals surface area contributed by atoms with E-state index in [1.54, 1.807) is 7.11 Å². The molecule has 6 heteroatoms. The molecule has 1 unspecified atom stereocenters. The number of piperazine rings is 1. The van der Waals surface area contributed by atoms with Crippen LogP contribution in [-0.2, 0) is 6.61 Å². The Morgan fingerprint density at radius 1 is 1.09 bits per heavy atom. The van der Waals surface area contributed by atoms with E-state index in [0.717, 1.165) is 79.8 Å². The van der Waals surface area contributed by atoms with E-state index in [0.29, 0.717) is 6.61 Å². The molecule has 174 valence electrons. The van der Waals surface area contributed by atoms with E-state index in [4.69, 9.17) is 9.47 Å². The lowest BCUT2D eigenvalue weighted by Gasteiger charge is -2.41. The van der Waals surface area contributed by atoms with Gasteiger partial charge in [-0.1, -0.05) is 49.6 Å². The van der Waals surface area contributed by atoms with Gasteiger partial charge in [0.1, 0.15) is 6.61 Å². The van der Waals surface area contributed by atoms with Crippen LogP contribution in [0.5, 0.6) is 11.5 Å². The van der Waals surface area contributed by atoms with Crippen LogP contribution in [0.2, 0.25) is 0 Å². The van der Waals surface area contributed by atoms with Crippen molar-refractivity contribution in [1.29, 1.82) is 0 Å². The van der Waals surface area contributed by atoms with Gasteiger partial charge in [-0.3, -0.25) is 4.90 Å². The molecular formula is C26H35BrN2O3. The van der Waals surface area contributed by atoms with Crippen molar-refractivity contribution in [3.05, 3.63) is 58.1 Å². The predicted octanol–water partition coefficient (Wildman–Crippen LogP) is 5.07. The number of aliphatic hydroxyl groups is 1. The number of rotatable bonds is 8. The van der Waals surface area contributed by atoms with Crippen LogP contribution >= 0.6 is 15.9 Å². The fourth-order valence-corrected chi connectivity index (χ4v) is 5.60. The monoisotopic (exact) mass is 502 g/mol. The first-order valence-electron chi connectivity index (χ1n) is 11.8. The topological polar surface area (TPSA) is 54.0 Å². The third-order valence-corrected chi connectivity index (χ3v) is 7.40. The van der Waals surface area contributed by atoms with Gasteiger partial charge in [0, 0.05) is 32.2 Å². The maximum absolute atomic E-state index is 11.4. The summed E-state index contributed by atoms with van der Waals surface area (Å²) in [5.74, 6) is 1.44. The Labute approximate surface area is 200 Å². The van der Waals surface area contributed by atoms with Crippen molar-refractivity contribution in [1.82, 2.24) is 10.2 Å². The Hall–Kier alpha value is -1.60. The number of nitrogens with one attached hydrogen (secondary N) is 1. The molecule has 0 spiro atoms. The minimum absolute atomic E-state index is 0.147. The Morgan fingerprint density at radius 3 is 2.50 bits per heavy atom. The van der Waals surface area contributed by atoms with Crippen LogP contribution in [0.3, 0.4) is 0 Å². The number of methoxy groups -OCH3 is 1. The van der Waals surface area contributed by atoms with Gasteiger partial charge in [-0.05, 0) is 58.5 Å². The molecule has 1 saturated heterocycles. The summed E-state index contributed by atoms with van der Waals surface area (Å²) in [5.41, 5.74) is 1.70. The van der Waals surface area contributed by atoms with Crippen LogP contribution in [0.1, 0.15) is 55.7 Å². The molecule has 4 rings (SSSR count). The highest BCUT2D eigenvalue weighted by molar-refractivity contribution is 9.10. The molecule has 32 heavy (non-hydrogen) atoms. The lowest BCUT2D eigenvalue weighted by Crippen LogP contribution is -2.47. The zero-order valence-electron chi connectivity index (χ0n) is 19.0. The zero-order valence-corrected chi connectivity index (χ0v) is 20.6. The van der Waals surface area contributed by atoms with E-state index in [1.165, 1.54) is 12.0 Å². The van der Waals surface area contributed by atoms with Crippen molar-refractivity contribution in [3.8, 4) is 11.5 Å². The number of hydrogen-bond donors (Lipinski definition) is 2. The molecule has 2 aromatic carbocycles. The third-order valence-electron chi connectivity index (χ3n) is 6.81. The molecule has 0 radical (unpaired) electrons. The summed E-state index contributed by atoms with van der Waals surface area (Å²) in [7, 11) is 1.69. The number of nitrogens with zero attached hydrogens (tertiary/aromatic N) is 1. The SMILES string of the molecule is COc1cc(C(CC2(O)CCCCC2)N2CCNCC2)cc(Br)c1OCc1ccccc1. The van der Waals surface area contributed by atoms with E-state index in [-0.39, 0.29) is 6.04 Å². The van der Waals surface area contributed by atoms with Crippen LogP contribution in [0.4, 0.5) is 0 Å². The van der Waals surface area contributed by atoms with Crippen molar-refractivity contribution in [2.45, 2.75) is 56.8 Å². The second kappa shape index (κ2) is 11.0. The smallest absolute Gasteiger partial charge is 0.175 e. The largest absolute Gasteiger partial charge is 0.493 e. The molecule has 0 aromatic heterocycles. The van der Waals surface area contributed by atoms with Crippen molar-refractivity contribution < 1.29 is 14.6 Å². The number of hydrogen-bond acceptors (Lipinski definition) is 5. The lowest BCUT2D eigenvalue weighted by atomic mass is 9.78. The summed E-state index contributed by atoms with van der Waals surface area (Å²) < 4.78 is 12.8. The average molecular weight is 503 g/mol. The Balaban J connectivity index is 1.60. The molecule has 1 heterocycles. The molecule has 5 nitrogen and oxygen atoms in total. The van der Waals surface area contributed by atoms with Crippen molar-refractivity contribution in [2.75, 3.05) is 33.3 Å². The normalized spacial score (nSPS) is 20.0. The Morgan fingerprint density at radius 2 is 1.81 bits per heavy atom. The van der Waals surface area contributed by atoms with Gasteiger partial charge >= 0.3 is 0 Å². The van der Waals surface area contributed by atoms with Gasteiger partial charge in [0.2, 0.25) is 0 Å². The van der Waals surface area contributed by atoms with Gasteiger partial charge in [-0.15, -0.1) is 0 Å². The molecule has 2 fully saturated rings. The maximum Gasteiger partial charge on any atom is 0.175 e. The first-order valence-corrected chi connectivity index (χ1v) is 12.6. The van der Waals surface area contributed by atoms with Crippen LogP contribution in [-0.4, -0.2) is 48.9 Å². The van der Waals surface area contributed by atoms with Crippen molar-refractivity contribution >= 4 is 15.9 Å². The molecule has 2 aromatic rings.